The van der Waals surface area contributed by atoms with Gasteiger partial charge >= 0.3 is 0 Å². The number of non-ortho nitro benzene ring substituents is 1. The van der Waals surface area contributed by atoms with Crippen LogP contribution >= 0.6 is 0 Å². The molecule has 0 amide bonds. The average molecular weight is 355 g/mol. The standard InChI is InChI=1S/C22H17N3O2/c1-24-21(17-8-4-2-5-9-17)20(16-12-14-19(15-13-16)25(26)27)23-22(24)18-10-6-3-7-11-18/h2-15H,1H3. The Bertz CT molecular complexity index is 1090. The molecule has 3 aromatic carbocycles. The monoisotopic (exact) mass is 355 g/mol. The summed E-state index contributed by atoms with van der Waals surface area (Å²) in [6, 6.07) is 26.6. The number of aromatic nitrogens is 2. The van der Waals surface area contributed by atoms with E-state index in [0.29, 0.717) is 0 Å². The minimum Gasteiger partial charge on any atom is -0.327 e. The number of nitrogens with zero attached hydrogens (tertiary/aromatic N) is 3. The van der Waals surface area contributed by atoms with E-state index < -0.39 is 4.92 Å². The molecule has 4 rings (SSSR count). The fraction of sp³-hybridized carbons (Fsp3) is 0.0455. The number of rotatable bonds is 4. The van der Waals surface area contributed by atoms with Crippen molar-refractivity contribution in [2.24, 2.45) is 7.05 Å². The summed E-state index contributed by atoms with van der Waals surface area (Å²) in [5.74, 6) is 0.850. The van der Waals surface area contributed by atoms with E-state index in [1.54, 1.807) is 12.1 Å². The molecular formula is C22H17N3O2. The molecule has 4 aromatic rings. The fourth-order valence-electron chi connectivity index (χ4n) is 3.21. The van der Waals surface area contributed by atoms with Crippen molar-refractivity contribution in [3.05, 3.63) is 95.0 Å². The second-order valence-electron chi connectivity index (χ2n) is 6.23. The Balaban J connectivity index is 1.93. The van der Waals surface area contributed by atoms with Crippen LogP contribution in [0.25, 0.3) is 33.9 Å². The van der Waals surface area contributed by atoms with Gasteiger partial charge in [-0.1, -0.05) is 60.7 Å². The first-order valence-electron chi connectivity index (χ1n) is 8.57. The van der Waals surface area contributed by atoms with Gasteiger partial charge in [0.25, 0.3) is 5.69 Å². The molecule has 0 saturated carbocycles. The van der Waals surface area contributed by atoms with Crippen LogP contribution in [0.1, 0.15) is 0 Å². The van der Waals surface area contributed by atoms with Crippen LogP contribution in [0.15, 0.2) is 84.9 Å². The minimum absolute atomic E-state index is 0.0687. The Morgan fingerprint density at radius 2 is 1.33 bits per heavy atom. The van der Waals surface area contributed by atoms with Crippen molar-refractivity contribution in [1.82, 2.24) is 9.55 Å². The molecule has 0 atom stereocenters. The predicted molar refractivity (Wildman–Crippen MR) is 106 cm³/mol. The van der Waals surface area contributed by atoms with Crippen LogP contribution in [0.3, 0.4) is 0 Å². The van der Waals surface area contributed by atoms with Gasteiger partial charge in [0.2, 0.25) is 0 Å². The van der Waals surface area contributed by atoms with Gasteiger partial charge in [0.05, 0.1) is 16.3 Å². The third-order valence-corrected chi connectivity index (χ3v) is 4.53. The Morgan fingerprint density at radius 3 is 1.89 bits per heavy atom. The molecule has 0 N–H and O–H groups in total. The number of imidazole rings is 1. The summed E-state index contributed by atoms with van der Waals surface area (Å²) in [5.41, 5.74) is 4.76. The molecule has 27 heavy (non-hydrogen) atoms. The number of nitro benzene ring substituents is 1. The third-order valence-electron chi connectivity index (χ3n) is 4.53. The molecule has 1 aromatic heterocycles. The zero-order valence-electron chi connectivity index (χ0n) is 14.7. The van der Waals surface area contributed by atoms with Gasteiger partial charge in [-0.05, 0) is 12.1 Å². The number of hydrogen-bond acceptors (Lipinski definition) is 3. The summed E-state index contributed by atoms with van der Waals surface area (Å²) in [7, 11) is 1.99. The van der Waals surface area contributed by atoms with Crippen LogP contribution in [0.4, 0.5) is 5.69 Å². The summed E-state index contributed by atoms with van der Waals surface area (Å²) in [6.45, 7) is 0. The van der Waals surface area contributed by atoms with Gasteiger partial charge in [-0.25, -0.2) is 4.98 Å². The first-order chi connectivity index (χ1) is 13.1. The SMILES string of the molecule is Cn1c(-c2ccccc2)nc(-c2ccc([N+](=O)[O-])cc2)c1-c1ccccc1. The molecule has 0 aliphatic rings. The van der Waals surface area contributed by atoms with E-state index in [0.717, 1.165) is 33.9 Å². The number of nitro groups is 1. The van der Waals surface area contributed by atoms with Crippen molar-refractivity contribution >= 4 is 5.69 Å². The zero-order chi connectivity index (χ0) is 18.8. The first kappa shape index (κ1) is 16.7. The van der Waals surface area contributed by atoms with Crippen LogP contribution < -0.4 is 0 Å². The fourth-order valence-corrected chi connectivity index (χ4v) is 3.21. The second kappa shape index (κ2) is 6.88. The lowest BCUT2D eigenvalue weighted by atomic mass is 10.0. The van der Waals surface area contributed by atoms with Crippen LogP contribution in [-0.4, -0.2) is 14.5 Å². The highest BCUT2D eigenvalue weighted by atomic mass is 16.6. The number of hydrogen-bond donors (Lipinski definition) is 0. The van der Waals surface area contributed by atoms with Crippen LogP contribution in [0.5, 0.6) is 0 Å². The quantitative estimate of drug-likeness (QED) is 0.367. The topological polar surface area (TPSA) is 61.0 Å². The Hall–Kier alpha value is -3.73. The Labute approximate surface area is 156 Å². The van der Waals surface area contributed by atoms with Crippen molar-refractivity contribution in [2.45, 2.75) is 0 Å². The van der Waals surface area contributed by atoms with Crippen LogP contribution in [0.2, 0.25) is 0 Å². The maximum Gasteiger partial charge on any atom is 0.269 e. The molecule has 0 saturated heterocycles. The molecule has 5 heteroatoms. The largest absolute Gasteiger partial charge is 0.327 e. The number of benzene rings is 3. The van der Waals surface area contributed by atoms with Gasteiger partial charge in [-0.15, -0.1) is 0 Å². The van der Waals surface area contributed by atoms with E-state index in [1.807, 2.05) is 67.7 Å². The van der Waals surface area contributed by atoms with Crippen LogP contribution in [-0.2, 0) is 7.05 Å². The molecule has 0 aliphatic heterocycles. The molecule has 5 nitrogen and oxygen atoms in total. The van der Waals surface area contributed by atoms with E-state index >= 15 is 0 Å². The molecule has 0 unspecified atom stereocenters. The predicted octanol–water partition coefficient (Wildman–Crippen LogP) is 5.33. The van der Waals surface area contributed by atoms with Crippen molar-refractivity contribution in [3.8, 4) is 33.9 Å². The summed E-state index contributed by atoms with van der Waals surface area (Å²) >= 11 is 0. The first-order valence-corrected chi connectivity index (χ1v) is 8.57. The summed E-state index contributed by atoms with van der Waals surface area (Å²) in [5, 5.41) is 11.0. The minimum atomic E-state index is -0.393. The van der Waals surface area contributed by atoms with Crippen molar-refractivity contribution in [2.75, 3.05) is 0 Å². The van der Waals surface area contributed by atoms with E-state index in [2.05, 4.69) is 4.57 Å². The molecule has 132 valence electrons. The molecule has 0 fully saturated rings. The van der Waals surface area contributed by atoms with E-state index in [9.17, 15) is 10.1 Å². The van der Waals surface area contributed by atoms with Gasteiger partial charge < -0.3 is 4.57 Å². The van der Waals surface area contributed by atoms with Crippen molar-refractivity contribution in [1.29, 1.82) is 0 Å². The summed E-state index contributed by atoms with van der Waals surface area (Å²) in [6.07, 6.45) is 0. The normalized spacial score (nSPS) is 10.7. The highest BCUT2D eigenvalue weighted by Crippen LogP contribution is 2.35. The molecule has 1 heterocycles. The zero-order valence-corrected chi connectivity index (χ0v) is 14.7. The van der Waals surface area contributed by atoms with Gasteiger partial charge in [0.1, 0.15) is 5.82 Å². The third kappa shape index (κ3) is 3.11. The lowest BCUT2D eigenvalue weighted by Gasteiger charge is -2.08. The maximum absolute atomic E-state index is 11.0. The molecule has 0 bridgehead atoms. The highest BCUT2D eigenvalue weighted by Gasteiger charge is 2.19. The molecular weight excluding hydrogens is 338 g/mol. The summed E-state index contributed by atoms with van der Waals surface area (Å²) in [4.78, 5) is 15.5. The second-order valence-corrected chi connectivity index (χ2v) is 6.23. The van der Waals surface area contributed by atoms with Crippen molar-refractivity contribution < 1.29 is 4.92 Å². The molecule has 0 aliphatic carbocycles. The maximum atomic E-state index is 11.0. The molecule has 0 spiro atoms. The smallest absolute Gasteiger partial charge is 0.269 e. The van der Waals surface area contributed by atoms with Gasteiger partial charge in [0.15, 0.2) is 0 Å². The highest BCUT2D eigenvalue weighted by molar-refractivity contribution is 5.82. The van der Waals surface area contributed by atoms with Crippen LogP contribution in [0, 0.1) is 10.1 Å². The Morgan fingerprint density at radius 1 is 0.778 bits per heavy atom. The lowest BCUT2D eigenvalue weighted by molar-refractivity contribution is -0.384. The van der Waals surface area contributed by atoms with Crippen molar-refractivity contribution in [3.63, 3.8) is 0 Å². The van der Waals surface area contributed by atoms with Gasteiger partial charge in [-0.2, -0.15) is 0 Å². The van der Waals surface area contributed by atoms with Gasteiger partial charge in [-0.3, -0.25) is 10.1 Å². The lowest BCUT2D eigenvalue weighted by Crippen LogP contribution is -1.95. The average Bonchev–Trinajstić information content (AvgIpc) is 3.06. The molecule has 0 radical (unpaired) electrons. The van der Waals surface area contributed by atoms with E-state index in [-0.39, 0.29) is 5.69 Å². The van der Waals surface area contributed by atoms with Gasteiger partial charge in [0, 0.05) is 35.9 Å². The Kier molecular flexibility index (Phi) is 4.26. The summed E-state index contributed by atoms with van der Waals surface area (Å²) < 4.78 is 2.07. The van der Waals surface area contributed by atoms with E-state index in [4.69, 9.17) is 4.98 Å². The van der Waals surface area contributed by atoms with E-state index in [1.165, 1.54) is 12.1 Å².